The van der Waals surface area contributed by atoms with Gasteiger partial charge in [-0.05, 0) is 53.4 Å². The summed E-state index contributed by atoms with van der Waals surface area (Å²) in [4.78, 5) is 0. The topological polar surface area (TPSA) is 87.7 Å². The van der Waals surface area contributed by atoms with Gasteiger partial charge in [-0.1, -0.05) is 6.42 Å². The molecule has 3 saturated heterocycles. The lowest BCUT2D eigenvalue weighted by molar-refractivity contribution is -0.139. The van der Waals surface area contributed by atoms with Gasteiger partial charge in [0.2, 0.25) is 0 Å². The van der Waals surface area contributed by atoms with Crippen molar-refractivity contribution in [2.24, 2.45) is 0 Å². The minimum atomic E-state index is -3.48. The molecule has 170 valence electrons. The number of ether oxygens (including phenoxy) is 4. The average molecular weight is 436 g/mol. The molecular formula is C19H37N2O7P. The smallest absolute Gasteiger partial charge is 0.348 e. The van der Waals surface area contributed by atoms with E-state index in [-0.39, 0.29) is 25.4 Å². The lowest BCUT2D eigenvalue weighted by Gasteiger charge is -2.31. The van der Waals surface area contributed by atoms with E-state index in [1.54, 1.807) is 0 Å². The van der Waals surface area contributed by atoms with E-state index in [9.17, 15) is 4.57 Å². The van der Waals surface area contributed by atoms with Crippen molar-refractivity contribution in [3.05, 3.63) is 0 Å². The van der Waals surface area contributed by atoms with Crippen LogP contribution in [-0.4, -0.2) is 68.3 Å². The van der Waals surface area contributed by atoms with Gasteiger partial charge in [0, 0.05) is 13.1 Å². The second kappa shape index (κ2) is 10.0. The summed E-state index contributed by atoms with van der Waals surface area (Å²) in [5.41, 5.74) is 0. The van der Waals surface area contributed by atoms with Gasteiger partial charge in [-0.2, -0.15) is 5.20 Å². The maximum atomic E-state index is 13.3. The van der Waals surface area contributed by atoms with Crippen molar-refractivity contribution >= 4 is 7.75 Å². The number of hydrogen-bond acceptors (Lipinski definition) is 8. The van der Waals surface area contributed by atoms with Crippen molar-refractivity contribution in [1.29, 1.82) is 0 Å². The van der Waals surface area contributed by atoms with Crippen molar-refractivity contribution in [2.45, 2.75) is 83.6 Å². The van der Waals surface area contributed by atoms with Gasteiger partial charge in [0.15, 0.2) is 11.6 Å². The van der Waals surface area contributed by atoms with Crippen LogP contribution in [0.15, 0.2) is 0 Å². The summed E-state index contributed by atoms with van der Waals surface area (Å²) >= 11 is 0. The predicted octanol–water partition coefficient (Wildman–Crippen LogP) is 3.20. The molecule has 1 N–H and O–H groups in total. The standard InChI is InChI=1S/C19H37N2O7P/c1-18(2)23-14-16(27-18)8-12-25-29(22,20-21-10-6-5-7-11-21)26-13-9-17-15-24-19(3,4)28-17/h16-17H,5-15H2,1-4H3,(H,20,22). The molecule has 0 aromatic rings. The van der Waals surface area contributed by atoms with Gasteiger partial charge < -0.3 is 18.9 Å². The molecule has 3 fully saturated rings. The molecule has 2 atom stereocenters. The molecule has 0 radical (unpaired) electrons. The minimum Gasteiger partial charge on any atom is -0.348 e. The van der Waals surface area contributed by atoms with Crippen LogP contribution in [0.3, 0.4) is 0 Å². The molecule has 0 saturated carbocycles. The van der Waals surface area contributed by atoms with Crippen LogP contribution in [0.4, 0.5) is 0 Å². The molecule has 3 aliphatic heterocycles. The third-order valence-electron chi connectivity index (χ3n) is 5.16. The molecule has 2 unspecified atom stereocenters. The van der Waals surface area contributed by atoms with Gasteiger partial charge in [0.25, 0.3) is 0 Å². The summed E-state index contributed by atoms with van der Waals surface area (Å²) in [6, 6.07) is 0. The first-order valence-electron chi connectivity index (χ1n) is 10.7. The first-order chi connectivity index (χ1) is 13.6. The van der Waals surface area contributed by atoms with Gasteiger partial charge in [-0.3, -0.25) is 9.05 Å². The van der Waals surface area contributed by atoms with E-state index in [0.29, 0.717) is 26.1 Å². The minimum absolute atomic E-state index is 0.0697. The molecule has 0 spiro atoms. The molecular weight excluding hydrogens is 399 g/mol. The highest BCUT2D eigenvalue weighted by Gasteiger charge is 2.35. The average Bonchev–Trinajstić information content (AvgIpc) is 3.16. The zero-order valence-electron chi connectivity index (χ0n) is 18.2. The first kappa shape index (κ1) is 23.6. The number of hydrogen-bond donors (Lipinski definition) is 1. The molecule has 0 amide bonds. The van der Waals surface area contributed by atoms with Crippen molar-refractivity contribution in [3.63, 3.8) is 0 Å². The van der Waals surface area contributed by atoms with Crippen molar-refractivity contribution in [1.82, 2.24) is 10.2 Å². The Hall–Kier alpha value is -0.0900. The molecule has 29 heavy (non-hydrogen) atoms. The molecule has 10 heteroatoms. The van der Waals surface area contributed by atoms with Crippen molar-refractivity contribution in [3.8, 4) is 0 Å². The van der Waals surface area contributed by atoms with Crippen LogP contribution >= 0.6 is 7.75 Å². The van der Waals surface area contributed by atoms with Crippen molar-refractivity contribution in [2.75, 3.05) is 39.5 Å². The third kappa shape index (κ3) is 7.83. The summed E-state index contributed by atoms with van der Waals surface area (Å²) in [7, 11) is -3.48. The molecule has 3 rings (SSSR count). The predicted molar refractivity (Wildman–Crippen MR) is 107 cm³/mol. The molecule has 0 aromatic carbocycles. The van der Waals surface area contributed by atoms with Crippen molar-refractivity contribution < 1.29 is 32.6 Å². The fourth-order valence-electron chi connectivity index (χ4n) is 3.68. The first-order valence-corrected chi connectivity index (χ1v) is 12.2. The molecule has 3 aliphatic rings. The van der Waals surface area contributed by atoms with Gasteiger partial charge in [-0.25, -0.2) is 9.57 Å². The summed E-state index contributed by atoms with van der Waals surface area (Å²) < 4.78 is 47.5. The maximum absolute atomic E-state index is 13.3. The summed E-state index contributed by atoms with van der Waals surface area (Å²) in [6.07, 6.45) is 4.36. The third-order valence-corrected chi connectivity index (χ3v) is 6.73. The fourth-order valence-corrected chi connectivity index (χ4v) is 5.11. The Morgan fingerprint density at radius 2 is 1.38 bits per heavy atom. The van der Waals surface area contributed by atoms with Gasteiger partial charge in [0.1, 0.15) is 0 Å². The monoisotopic (exact) mass is 436 g/mol. The molecule has 3 heterocycles. The molecule has 0 aliphatic carbocycles. The van der Waals surface area contributed by atoms with Gasteiger partial charge >= 0.3 is 7.75 Å². The quantitative estimate of drug-likeness (QED) is 0.519. The van der Waals surface area contributed by atoms with Crippen LogP contribution in [0.25, 0.3) is 0 Å². The van der Waals surface area contributed by atoms with Gasteiger partial charge in [0.05, 0.1) is 38.6 Å². The zero-order chi connectivity index (χ0) is 21.0. The zero-order valence-corrected chi connectivity index (χ0v) is 19.1. The van der Waals surface area contributed by atoms with E-state index < -0.39 is 19.3 Å². The highest BCUT2D eigenvalue weighted by Crippen LogP contribution is 2.45. The Morgan fingerprint density at radius 3 is 1.79 bits per heavy atom. The van der Waals surface area contributed by atoms with E-state index in [4.69, 9.17) is 28.0 Å². The lowest BCUT2D eigenvalue weighted by Crippen LogP contribution is -2.40. The second-order valence-electron chi connectivity index (χ2n) is 8.79. The van der Waals surface area contributed by atoms with E-state index in [1.165, 1.54) is 6.42 Å². The highest BCUT2D eigenvalue weighted by molar-refractivity contribution is 7.51. The molecule has 9 nitrogen and oxygen atoms in total. The van der Waals surface area contributed by atoms with E-state index in [2.05, 4.69) is 5.20 Å². The fraction of sp³-hybridized carbons (Fsp3) is 1.00. The molecule has 0 bridgehead atoms. The van der Waals surface area contributed by atoms with E-state index >= 15 is 0 Å². The SMILES string of the molecule is CC1(C)OCC(CCOP(=O)(NN2CCCCC2)OCCC2COC(C)(C)O2)O1. The number of nitrogens with one attached hydrogen (secondary N) is 1. The number of rotatable bonds is 10. The number of piperidine rings is 1. The maximum Gasteiger partial charge on any atom is 0.419 e. The van der Waals surface area contributed by atoms with Crippen LogP contribution in [-0.2, 0) is 32.6 Å². The van der Waals surface area contributed by atoms with Crippen LogP contribution in [0, 0.1) is 0 Å². The van der Waals surface area contributed by atoms with Crippen LogP contribution in [0.1, 0.15) is 59.8 Å². The largest absolute Gasteiger partial charge is 0.419 e. The Bertz CT molecular complexity index is 533. The van der Waals surface area contributed by atoms with Crippen LogP contribution in [0.2, 0.25) is 0 Å². The second-order valence-corrected chi connectivity index (χ2v) is 10.5. The highest BCUT2D eigenvalue weighted by atomic mass is 31.2. The Labute approximate surface area is 174 Å². The van der Waals surface area contributed by atoms with E-state index in [1.807, 2.05) is 32.7 Å². The summed E-state index contributed by atoms with van der Waals surface area (Å²) in [5.74, 6) is -1.15. The van der Waals surface area contributed by atoms with Gasteiger partial charge in [-0.15, -0.1) is 0 Å². The normalized spacial score (nSPS) is 31.7. The molecule has 0 aromatic heterocycles. The Balaban J connectivity index is 1.46. The Kier molecular flexibility index (Phi) is 8.14. The number of nitrogens with zero attached hydrogens (tertiary/aromatic N) is 1. The van der Waals surface area contributed by atoms with Crippen LogP contribution < -0.4 is 5.20 Å². The lowest BCUT2D eigenvalue weighted by atomic mass is 10.2. The summed E-state index contributed by atoms with van der Waals surface area (Å²) in [6.45, 7) is 10.7. The number of hydrazine groups is 1. The van der Waals surface area contributed by atoms with Crippen LogP contribution in [0.5, 0.6) is 0 Å². The summed E-state index contributed by atoms with van der Waals surface area (Å²) in [5, 5.41) is 4.96. The van der Waals surface area contributed by atoms with E-state index in [0.717, 1.165) is 25.9 Å². The Morgan fingerprint density at radius 1 is 0.897 bits per heavy atom.